The van der Waals surface area contributed by atoms with E-state index in [1.54, 1.807) is 0 Å². The maximum atomic E-state index is 5.00. The van der Waals surface area contributed by atoms with Crippen molar-refractivity contribution in [2.75, 3.05) is 4.90 Å². The van der Waals surface area contributed by atoms with Gasteiger partial charge < -0.3 is 9.47 Å². The first kappa shape index (κ1) is 32.0. The van der Waals surface area contributed by atoms with E-state index >= 15 is 0 Å². The zero-order valence-electron chi connectivity index (χ0n) is 30.3. The minimum absolute atomic E-state index is 0.0370. The lowest BCUT2D eigenvalue weighted by Crippen LogP contribution is -2.30. The van der Waals surface area contributed by atoms with Crippen LogP contribution in [0.3, 0.4) is 0 Å². The lowest BCUT2D eigenvalue weighted by Gasteiger charge is -2.28. The molecule has 264 valence electrons. The number of allylic oxidation sites excluding steroid dienone is 2. The van der Waals surface area contributed by atoms with Crippen molar-refractivity contribution < 1.29 is 0 Å². The van der Waals surface area contributed by atoms with Gasteiger partial charge in [0.15, 0.2) is 5.82 Å². The highest BCUT2D eigenvalue weighted by Gasteiger charge is 2.39. The summed E-state index contributed by atoms with van der Waals surface area (Å²) in [6, 6.07) is 57.2. The number of benzene rings is 6. The molecule has 0 bridgehead atoms. The van der Waals surface area contributed by atoms with E-state index in [0.717, 1.165) is 39.5 Å². The van der Waals surface area contributed by atoms with Gasteiger partial charge in [0.25, 0.3) is 0 Å². The molecule has 0 spiro atoms. The summed E-state index contributed by atoms with van der Waals surface area (Å²) in [6.07, 6.45) is 10.8. The third-order valence-corrected chi connectivity index (χ3v) is 11.1. The van der Waals surface area contributed by atoms with E-state index in [-0.39, 0.29) is 12.0 Å². The Bertz CT molecular complexity index is 2910. The summed E-state index contributed by atoms with van der Waals surface area (Å²) in [5.74, 6) is 1.46. The molecule has 0 saturated carbocycles. The van der Waals surface area contributed by atoms with E-state index < -0.39 is 0 Å². The first-order valence-electron chi connectivity index (χ1n) is 19.0. The monoisotopic (exact) mass is 718 g/mol. The molecule has 9 aromatic rings. The number of anilines is 2. The summed E-state index contributed by atoms with van der Waals surface area (Å²) in [5.41, 5.74) is 12.8. The van der Waals surface area contributed by atoms with Gasteiger partial charge in [-0.3, -0.25) is 0 Å². The van der Waals surface area contributed by atoms with Crippen LogP contribution < -0.4 is 4.90 Å². The fourth-order valence-corrected chi connectivity index (χ4v) is 8.42. The van der Waals surface area contributed by atoms with E-state index in [1.165, 1.54) is 38.5 Å². The second-order valence-corrected chi connectivity index (χ2v) is 14.3. The third kappa shape index (κ3) is 5.34. The van der Waals surface area contributed by atoms with Crippen LogP contribution in [0.2, 0.25) is 0 Å². The zero-order valence-corrected chi connectivity index (χ0v) is 30.3. The van der Waals surface area contributed by atoms with Crippen LogP contribution in [-0.4, -0.2) is 30.5 Å². The molecule has 6 nitrogen and oxygen atoms in total. The molecular formula is C50H34N6. The number of hydrogen-bond donors (Lipinski definition) is 0. The molecule has 56 heavy (non-hydrogen) atoms. The topological polar surface area (TPSA) is 59.7 Å². The van der Waals surface area contributed by atoms with Crippen molar-refractivity contribution in [2.24, 2.45) is 0 Å². The van der Waals surface area contributed by atoms with Crippen LogP contribution in [0.25, 0.3) is 67.0 Å². The Morgan fingerprint density at radius 3 is 1.93 bits per heavy atom. The maximum Gasteiger partial charge on any atom is 0.230 e. The Morgan fingerprint density at radius 2 is 1.14 bits per heavy atom. The summed E-state index contributed by atoms with van der Waals surface area (Å²) < 4.78 is 2.38. The summed E-state index contributed by atoms with van der Waals surface area (Å²) in [7, 11) is 0. The number of nitrogens with zero attached hydrogens (tertiary/aromatic N) is 6. The van der Waals surface area contributed by atoms with Crippen LogP contribution in [0.1, 0.15) is 17.0 Å². The van der Waals surface area contributed by atoms with Crippen LogP contribution in [0.4, 0.5) is 11.6 Å². The van der Waals surface area contributed by atoms with Crippen LogP contribution in [0, 0.1) is 0 Å². The van der Waals surface area contributed by atoms with Gasteiger partial charge in [0.05, 0.1) is 28.5 Å². The molecule has 2 aliphatic rings. The molecule has 6 aromatic carbocycles. The van der Waals surface area contributed by atoms with Crippen molar-refractivity contribution >= 4 is 39.0 Å². The Morgan fingerprint density at radius 1 is 0.500 bits per heavy atom. The Hall–Kier alpha value is -7.44. The number of aromatic nitrogens is 5. The van der Waals surface area contributed by atoms with Gasteiger partial charge in [-0.25, -0.2) is 19.9 Å². The molecule has 0 N–H and O–H groups in total. The molecule has 4 heterocycles. The van der Waals surface area contributed by atoms with E-state index in [9.17, 15) is 0 Å². The number of para-hydroxylation sites is 3. The molecule has 0 radical (unpaired) electrons. The standard InChI is InChI=1S/C50H34N6/c1-4-14-33(15-5-1)43-30-44(54-49(53-43)34-16-6-2-7-17-34)37-31-51-50(52-32-37)56-46-23-13-11-21-40(46)42-28-35(25-27-47(42)56)36-24-26-41-39-20-10-12-22-45(39)55(48(41)29-36)38-18-8-3-9-19-38/h1-32,42,47H. The van der Waals surface area contributed by atoms with Gasteiger partial charge in [-0.15, -0.1) is 0 Å². The van der Waals surface area contributed by atoms with Crippen LogP contribution in [0.5, 0.6) is 0 Å². The summed E-state index contributed by atoms with van der Waals surface area (Å²) in [4.78, 5) is 22.2. The number of hydrogen-bond acceptors (Lipinski definition) is 5. The van der Waals surface area contributed by atoms with Crippen molar-refractivity contribution in [1.29, 1.82) is 0 Å². The predicted molar refractivity (Wildman–Crippen MR) is 227 cm³/mol. The molecule has 3 aromatic heterocycles. The van der Waals surface area contributed by atoms with Gasteiger partial charge in [0.2, 0.25) is 5.95 Å². The molecule has 0 amide bonds. The van der Waals surface area contributed by atoms with E-state index in [4.69, 9.17) is 19.9 Å². The molecule has 1 aliphatic carbocycles. The highest BCUT2D eigenvalue weighted by Crippen LogP contribution is 2.48. The average Bonchev–Trinajstić information content (AvgIpc) is 3.79. The molecule has 0 saturated heterocycles. The molecule has 0 fully saturated rings. The van der Waals surface area contributed by atoms with E-state index in [1.807, 2.05) is 67.0 Å². The Labute approximate surface area is 324 Å². The van der Waals surface area contributed by atoms with Gasteiger partial charge in [-0.05, 0) is 53.1 Å². The SMILES string of the molecule is C1=CC2C(C=C1c1ccc3c4ccccc4n(-c4ccccc4)c3c1)c1ccccc1N2c1ncc(-c2cc(-c3ccccc3)nc(-c3ccccc3)n2)cn1. The lowest BCUT2D eigenvalue weighted by molar-refractivity contribution is 0.732. The molecule has 6 heteroatoms. The minimum Gasteiger partial charge on any atom is -0.309 e. The van der Waals surface area contributed by atoms with Gasteiger partial charge in [0.1, 0.15) is 0 Å². The highest BCUT2D eigenvalue weighted by molar-refractivity contribution is 6.10. The van der Waals surface area contributed by atoms with Crippen molar-refractivity contribution in [3.05, 3.63) is 206 Å². The van der Waals surface area contributed by atoms with Crippen LogP contribution in [-0.2, 0) is 0 Å². The molecular weight excluding hydrogens is 685 g/mol. The van der Waals surface area contributed by atoms with Crippen molar-refractivity contribution in [3.8, 4) is 39.6 Å². The molecule has 11 rings (SSSR count). The molecule has 2 atom stereocenters. The zero-order chi connectivity index (χ0) is 37.0. The lowest BCUT2D eigenvalue weighted by atomic mass is 9.86. The fraction of sp³-hybridized carbons (Fsp3) is 0.0400. The molecule has 2 unspecified atom stereocenters. The normalized spacial score (nSPS) is 15.9. The quantitative estimate of drug-likeness (QED) is 0.171. The van der Waals surface area contributed by atoms with Crippen molar-refractivity contribution in [2.45, 2.75) is 12.0 Å². The van der Waals surface area contributed by atoms with Crippen molar-refractivity contribution in [1.82, 2.24) is 24.5 Å². The van der Waals surface area contributed by atoms with Gasteiger partial charge in [-0.1, -0.05) is 146 Å². The van der Waals surface area contributed by atoms with Gasteiger partial charge >= 0.3 is 0 Å². The molecule has 1 aliphatic heterocycles. The van der Waals surface area contributed by atoms with Gasteiger partial charge in [-0.2, -0.15) is 0 Å². The second kappa shape index (κ2) is 13.1. The minimum atomic E-state index is 0.0370. The van der Waals surface area contributed by atoms with Gasteiger partial charge in [0, 0.05) is 57.1 Å². The average molecular weight is 719 g/mol. The summed E-state index contributed by atoms with van der Waals surface area (Å²) in [6.45, 7) is 0. The van der Waals surface area contributed by atoms with E-state index in [0.29, 0.717) is 11.8 Å². The van der Waals surface area contributed by atoms with E-state index in [2.05, 4.69) is 137 Å². The second-order valence-electron chi connectivity index (χ2n) is 14.3. The largest absolute Gasteiger partial charge is 0.309 e. The van der Waals surface area contributed by atoms with Crippen molar-refractivity contribution in [3.63, 3.8) is 0 Å². The van der Waals surface area contributed by atoms with Crippen LogP contribution >= 0.6 is 0 Å². The summed E-state index contributed by atoms with van der Waals surface area (Å²) >= 11 is 0. The summed E-state index contributed by atoms with van der Waals surface area (Å²) in [5, 5.41) is 2.50. The van der Waals surface area contributed by atoms with Crippen LogP contribution in [0.15, 0.2) is 194 Å². The smallest absolute Gasteiger partial charge is 0.230 e. The third-order valence-electron chi connectivity index (χ3n) is 11.1. The highest BCUT2D eigenvalue weighted by atomic mass is 15.3. The first-order chi connectivity index (χ1) is 27.8. The maximum absolute atomic E-state index is 5.00. The first-order valence-corrected chi connectivity index (χ1v) is 19.0. The predicted octanol–water partition coefficient (Wildman–Crippen LogP) is 11.6. The fourth-order valence-electron chi connectivity index (χ4n) is 8.42. The number of fused-ring (bicyclic) bond motifs is 6. The Kier molecular flexibility index (Phi) is 7.52. The number of rotatable bonds is 6. The Balaban J connectivity index is 0.953.